The van der Waals surface area contributed by atoms with Crippen molar-refractivity contribution in [2.45, 2.75) is 15.4 Å². The van der Waals surface area contributed by atoms with Crippen molar-refractivity contribution in [1.29, 1.82) is 4.78 Å². The molecule has 0 spiro atoms. The standard InChI is InChI=1S/C19H13ClF4N4O3S2/c1-33(25,30)12-4-2-3-11(8-12)26-17(29)13-9-16(32-19(22,23)24)27-28-18(13)31-15-6-5-10(21)7-14(15)20/h2-9,25H,1H3,(H,26,29). The van der Waals surface area contributed by atoms with E-state index in [1.807, 2.05) is 0 Å². The van der Waals surface area contributed by atoms with E-state index in [0.717, 1.165) is 24.3 Å². The number of carbonyl (C=O) groups excluding carboxylic acids is 1. The number of nitrogens with zero attached hydrogens (tertiary/aromatic N) is 2. The van der Waals surface area contributed by atoms with Gasteiger partial charge in [-0.25, -0.2) is 13.4 Å². The maximum atomic E-state index is 13.3. The monoisotopic (exact) mass is 520 g/mol. The fraction of sp³-hybridized carbons (Fsp3) is 0.105. The average Bonchev–Trinajstić information content (AvgIpc) is 2.69. The first-order valence-corrected chi connectivity index (χ1v) is 11.9. The minimum Gasteiger partial charge on any atom is -0.435 e. The minimum absolute atomic E-state index is 0.112. The second-order valence-electron chi connectivity index (χ2n) is 6.45. The molecule has 33 heavy (non-hydrogen) atoms. The second-order valence-corrected chi connectivity index (χ2v) is 10.1. The van der Waals surface area contributed by atoms with E-state index < -0.39 is 55.2 Å². The highest BCUT2D eigenvalue weighted by molar-refractivity contribution is 8.00. The molecule has 3 rings (SSSR count). The van der Waals surface area contributed by atoms with Gasteiger partial charge in [0.2, 0.25) is 0 Å². The Hall–Kier alpha value is -2.90. The van der Waals surface area contributed by atoms with Crippen molar-refractivity contribution in [2.75, 3.05) is 11.6 Å². The summed E-state index contributed by atoms with van der Waals surface area (Å²) in [4.78, 5) is 13.0. The summed E-state index contributed by atoms with van der Waals surface area (Å²) < 4.78 is 76.7. The number of hydrogen-bond donors (Lipinski definition) is 2. The third-order valence-electron chi connectivity index (χ3n) is 3.84. The van der Waals surface area contributed by atoms with Crippen molar-refractivity contribution in [3.63, 3.8) is 0 Å². The molecule has 0 aliphatic carbocycles. The Bertz CT molecular complexity index is 1320. The lowest BCUT2D eigenvalue weighted by molar-refractivity contribution is -0.0330. The number of ether oxygens (including phenoxy) is 1. The molecule has 2 aromatic carbocycles. The van der Waals surface area contributed by atoms with Crippen molar-refractivity contribution in [2.24, 2.45) is 0 Å². The number of amides is 1. The fourth-order valence-corrected chi connectivity index (χ4v) is 3.84. The largest absolute Gasteiger partial charge is 0.447 e. The maximum absolute atomic E-state index is 13.3. The van der Waals surface area contributed by atoms with Crippen LogP contribution in [0.4, 0.5) is 23.2 Å². The van der Waals surface area contributed by atoms with Gasteiger partial charge >= 0.3 is 5.51 Å². The Kier molecular flexibility index (Phi) is 7.14. The van der Waals surface area contributed by atoms with Crippen LogP contribution < -0.4 is 10.1 Å². The fourth-order valence-electron chi connectivity index (χ4n) is 2.45. The summed E-state index contributed by atoms with van der Waals surface area (Å²) in [5.74, 6) is -2.18. The van der Waals surface area contributed by atoms with Gasteiger partial charge in [0.25, 0.3) is 11.8 Å². The Balaban J connectivity index is 1.99. The lowest BCUT2D eigenvalue weighted by atomic mass is 10.2. The van der Waals surface area contributed by atoms with Crippen molar-refractivity contribution < 1.29 is 31.3 Å². The average molecular weight is 521 g/mol. The lowest BCUT2D eigenvalue weighted by Crippen LogP contribution is -2.15. The van der Waals surface area contributed by atoms with E-state index in [2.05, 4.69) is 15.5 Å². The van der Waals surface area contributed by atoms with Gasteiger partial charge in [-0.05, 0) is 42.5 Å². The second kappa shape index (κ2) is 9.53. The molecule has 1 atom stereocenters. The topological polar surface area (TPSA) is 105 Å². The first-order valence-electron chi connectivity index (χ1n) is 8.73. The maximum Gasteiger partial charge on any atom is 0.447 e. The Labute approximate surface area is 194 Å². The predicted molar refractivity (Wildman–Crippen MR) is 115 cm³/mol. The number of nitrogens with one attached hydrogen (secondary N) is 2. The van der Waals surface area contributed by atoms with Crippen LogP contribution in [-0.4, -0.2) is 32.1 Å². The van der Waals surface area contributed by atoms with Crippen LogP contribution in [0.25, 0.3) is 0 Å². The van der Waals surface area contributed by atoms with Crippen molar-refractivity contribution in [1.82, 2.24) is 10.2 Å². The number of alkyl halides is 3. The number of thioether (sulfide) groups is 1. The molecule has 1 heterocycles. The van der Waals surface area contributed by atoms with Crippen LogP contribution >= 0.6 is 23.4 Å². The van der Waals surface area contributed by atoms with Crippen molar-refractivity contribution in [3.05, 3.63) is 64.9 Å². The van der Waals surface area contributed by atoms with Crippen LogP contribution in [0.5, 0.6) is 11.6 Å². The van der Waals surface area contributed by atoms with Gasteiger partial charge in [-0.15, -0.1) is 10.2 Å². The molecule has 3 aromatic rings. The van der Waals surface area contributed by atoms with Gasteiger partial charge in [0.05, 0.1) is 14.8 Å². The van der Waals surface area contributed by atoms with Gasteiger partial charge in [-0.3, -0.25) is 4.79 Å². The summed E-state index contributed by atoms with van der Waals surface area (Å²) in [6.07, 6.45) is 1.19. The van der Waals surface area contributed by atoms with Crippen molar-refractivity contribution in [3.8, 4) is 11.6 Å². The first-order chi connectivity index (χ1) is 15.3. The molecular weight excluding hydrogens is 508 g/mol. The molecule has 1 amide bonds. The van der Waals surface area contributed by atoms with Crippen LogP contribution in [0.2, 0.25) is 5.02 Å². The van der Waals surface area contributed by atoms with Gasteiger partial charge in [0.15, 0.2) is 0 Å². The molecule has 1 aromatic heterocycles. The third-order valence-corrected chi connectivity index (χ3v) is 5.93. The Morgan fingerprint density at radius 1 is 1.18 bits per heavy atom. The summed E-state index contributed by atoms with van der Waals surface area (Å²) in [6, 6.07) is 9.55. The predicted octanol–water partition coefficient (Wildman–Crippen LogP) is 5.96. The van der Waals surface area contributed by atoms with Gasteiger partial charge in [0.1, 0.15) is 22.2 Å². The molecule has 0 bridgehead atoms. The van der Waals surface area contributed by atoms with Gasteiger partial charge in [-0.1, -0.05) is 17.7 Å². The lowest BCUT2D eigenvalue weighted by Gasteiger charge is -2.13. The van der Waals surface area contributed by atoms with E-state index in [1.165, 1.54) is 30.5 Å². The highest BCUT2D eigenvalue weighted by Gasteiger charge is 2.31. The van der Waals surface area contributed by atoms with E-state index in [0.29, 0.717) is 0 Å². The molecule has 1 unspecified atom stereocenters. The molecule has 7 nitrogen and oxygen atoms in total. The number of anilines is 1. The van der Waals surface area contributed by atoms with Crippen LogP contribution in [-0.2, 0) is 9.73 Å². The molecule has 0 fully saturated rings. The van der Waals surface area contributed by atoms with Crippen LogP contribution in [0.15, 0.2) is 58.5 Å². The molecule has 2 N–H and O–H groups in total. The quantitative estimate of drug-likeness (QED) is 0.307. The molecule has 14 heteroatoms. The van der Waals surface area contributed by atoms with Gasteiger partial charge in [0, 0.05) is 28.6 Å². The smallest absolute Gasteiger partial charge is 0.435 e. The highest BCUT2D eigenvalue weighted by atomic mass is 35.5. The third kappa shape index (κ3) is 6.79. The zero-order valence-electron chi connectivity index (χ0n) is 16.4. The Morgan fingerprint density at radius 2 is 1.91 bits per heavy atom. The zero-order valence-corrected chi connectivity index (χ0v) is 18.8. The number of benzene rings is 2. The minimum atomic E-state index is -4.69. The molecule has 0 saturated heterocycles. The van der Waals surface area contributed by atoms with E-state index in [1.54, 1.807) is 0 Å². The number of rotatable bonds is 6. The van der Waals surface area contributed by atoms with E-state index in [-0.39, 0.29) is 21.4 Å². The van der Waals surface area contributed by atoms with Gasteiger partial charge < -0.3 is 10.1 Å². The number of hydrogen-bond acceptors (Lipinski definition) is 7. The Morgan fingerprint density at radius 3 is 2.55 bits per heavy atom. The number of halogens is 5. The summed E-state index contributed by atoms with van der Waals surface area (Å²) >= 11 is 5.32. The molecule has 0 radical (unpaired) electrons. The highest BCUT2D eigenvalue weighted by Crippen LogP contribution is 2.37. The summed E-state index contributed by atoms with van der Waals surface area (Å²) in [6.45, 7) is 0. The molecule has 174 valence electrons. The normalized spacial score (nSPS) is 13.3. The molecule has 0 aliphatic heterocycles. The van der Waals surface area contributed by atoms with Gasteiger partial charge in [-0.2, -0.15) is 13.2 Å². The van der Waals surface area contributed by atoms with Crippen molar-refractivity contribution >= 4 is 44.7 Å². The molecular formula is C19H13ClF4N4O3S2. The molecule has 0 aliphatic rings. The number of carbonyl (C=O) groups is 1. The van der Waals surface area contributed by atoms with E-state index in [4.69, 9.17) is 21.1 Å². The van der Waals surface area contributed by atoms with Crippen LogP contribution in [0.3, 0.4) is 0 Å². The number of aromatic nitrogens is 2. The SMILES string of the molecule is CS(=N)(=O)c1cccc(NC(=O)c2cc(SC(F)(F)F)nnc2Oc2ccc(F)cc2Cl)c1. The summed E-state index contributed by atoms with van der Waals surface area (Å²) in [5.41, 5.74) is -4.98. The zero-order chi connectivity index (χ0) is 24.4. The first kappa shape index (κ1) is 24.7. The van der Waals surface area contributed by atoms with Crippen LogP contribution in [0.1, 0.15) is 10.4 Å². The molecule has 0 saturated carbocycles. The summed E-state index contributed by atoms with van der Waals surface area (Å²) in [5, 5.41) is 8.61. The van der Waals surface area contributed by atoms with E-state index in [9.17, 15) is 26.6 Å². The van der Waals surface area contributed by atoms with Crippen LogP contribution in [0, 0.1) is 10.6 Å². The van der Waals surface area contributed by atoms with E-state index >= 15 is 0 Å². The summed E-state index contributed by atoms with van der Waals surface area (Å²) in [7, 11) is -3.08.